The smallest absolute Gasteiger partial charge is 0.157 e. The zero-order valence-corrected chi connectivity index (χ0v) is 6.64. The Balaban J connectivity index is 2.02. The number of hydrogen-bond acceptors (Lipinski definition) is 2. The Morgan fingerprint density at radius 2 is 2.40 bits per heavy atom. The average molecular weight is 144 g/mol. The Bertz CT molecular complexity index is 77.3. The third kappa shape index (κ3) is 2.67. The second-order valence-electron chi connectivity index (χ2n) is 2.67. The van der Waals surface area contributed by atoms with Crippen LogP contribution in [0.1, 0.15) is 32.6 Å². The van der Waals surface area contributed by atoms with Crippen LogP contribution in [0.5, 0.6) is 0 Å². The van der Waals surface area contributed by atoms with Crippen molar-refractivity contribution in [2.75, 3.05) is 13.2 Å². The zero-order valence-electron chi connectivity index (χ0n) is 6.64. The maximum atomic E-state index is 5.41. The van der Waals surface area contributed by atoms with E-state index in [2.05, 4.69) is 6.92 Å². The van der Waals surface area contributed by atoms with Crippen LogP contribution in [-0.4, -0.2) is 19.5 Å². The Morgan fingerprint density at radius 1 is 1.50 bits per heavy atom. The fourth-order valence-corrected chi connectivity index (χ4v) is 1.09. The minimum Gasteiger partial charge on any atom is -0.353 e. The Morgan fingerprint density at radius 3 is 3.00 bits per heavy atom. The molecule has 0 N–H and O–H groups in total. The highest BCUT2D eigenvalue weighted by Crippen LogP contribution is 2.13. The minimum atomic E-state index is 0.105. The van der Waals surface area contributed by atoms with Gasteiger partial charge in [-0.25, -0.2) is 0 Å². The van der Waals surface area contributed by atoms with Crippen LogP contribution in [0, 0.1) is 0 Å². The number of rotatable bonds is 3. The maximum Gasteiger partial charge on any atom is 0.157 e. The molecule has 1 atom stereocenters. The molecule has 0 aromatic carbocycles. The summed E-state index contributed by atoms with van der Waals surface area (Å²) in [5.41, 5.74) is 0. The van der Waals surface area contributed by atoms with Crippen LogP contribution in [0.15, 0.2) is 0 Å². The lowest BCUT2D eigenvalue weighted by molar-refractivity contribution is -0.162. The van der Waals surface area contributed by atoms with Crippen molar-refractivity contribution in [1.82, 2.24) is 0 Å². The van der Waals surface area contributed by atoms with Gasteiger partial charge in [0.1, 0.15) is 0 Å². The van der Waals surface area contributed by atoms with Crippen LogP contribution in [0.4, 0.5) is 0 Å². The minimum absolute atomic E-state index is 0.105. The van der Waals surface area contributed by atoms with Crippen molar-refractivity contribution < 1.29 is 9.47 Å². The number of ether oxygens (including phenoxy) is 2. The van der Waals surface area contributed by atoms with Crippen molar-refractivity contribution in [3.8, 4) is 0 Å². The fraction of sp³-hybridized carbons (Fsp3) is 1.00. The van der Waals surface area contributed by atoms with Gasteiger partial charge in [-0.05, 0) is 25.7 Å². The normalized spacial score (nSPS) is 26.7. The second-order valence-corrected chi connectivity index (χ2v) is 2.67. The molecular formula is C8H16O2. The van der Waals surface area contributed by atoms with E-state index < -0.39 is 0 Å². The topological polar surface area (TPSA) is 18.5 Å². The molecule has 0 aromatic heterocycles. The molecule has 0 bridgehead atoms. The van der Waals surface area contributed by atoms with E-state index in [4.69, 9.17) is 9.47 Å². The summed E-state index contributed by atoms with van der Waals surface area (Å²) in [7, 11) is 0. The highest BCUT2D eigenvalue weighted by molar-refractivity contribution is 4.53. The van der Waals surface area contributed by atoms with Crippen molar-refractivity contribution in [3.05, 3.63) is 0 Å². The summed E-state index contributed by atoms with van der Waals surface area (Å²) < 4.78 is 10.8. The largest absolute Gasteiger partial charge is 0.353 e. The predicted octanol–water partition coefficient (Wildman–Crippen LogP) is 1.94. The standard InChI is InChI=1S/C8H16O2/c1-2-6-9-8-5-3-4-7-10-8/h8H,2-7H2,1H3/t8-/m1/s1. The van der Waals surface area contributed by atoms with Gasteiger partial charge in [0.2, 0.25) is 0 Å². The summed E-state index contributed by atoms with van der Waals surface area (Å²) in [6.07, 6.45) is 4.73. The summed E-state index contributed by atoms with van der Waals surface area (Å²) >= 11 is 0. The molecule has 1 saturated heterocycles. The zero-order chi connectivity index (χ0) is 7.23. The summed E-state index contributed by atoms with van der Waals surface area (Å²) in [4.78, 5) is 0. The maximum absolute atomic E-state index is 5.41. The van der Waals surface area contributed by atoms with Gasteiger partial charge in [0, 0.05) is 13.2 Å². The first-order valence-electron chi connectivity index (χ1n) is 4.16. The first-order chi connectivity index (χ1) is 4.93. The van der Waals surface area contributed by atoms with Gasteiger partial charge in [-0.3, -0.25) is 0 Å². The average Bonchev–Trinajstić information content (AvgIpc) is 2.03. The van der Waals surface area contributed by atoms with Gasteiger partial charge in [0.25, 0.3) is 0 Å². The summed E-state index contributed by atoms with van der Waals surface area (Å²) in [6.45, 7) is 3.84. The molecule has 1 fully saturated rings. The van der Waals surface area contributed by atoms with Crippen LogP contribution >= 0.6 is 0 Å². The molecule has 0 spiro atoms. The highest BCUT2D eigenvalue weighted by Gasteiger charge is 2.12. The van der Waals surface area contributed by atoms with Gasteiger partial charge in [-0.15, -0.1) is 0 Å². The predicted molar refractivity (Wildman–Crippen MR) is 39.8 cm³/mol. The van der Waals surface area contributed by atoms with E-state index in [0.717, 1.165) is 26.1 Å². The van der Waals surface area contributed by atoms with E-state index in [-0.39, 0.29) is 6.29 Å². The quantitative estimate of drug-likeness (QED) is 0.602. The van der Waals surface area contributed by atoms with E-state index in [9.17, 15) is 0 Å². The molecule has 1 rings (SSSR count). The summed E-state index contributed by atoms with van der Waals surface area (Å²) in [5.74, 6) is 0. The van der Waals surface area contributed by atoms with Crippen LogP contribution < -0.4 is 0 Å². The first kappa shape index (κ1) is 8.02. The molecule has 1 aliphatic heterocycles. The van der Waals surface area contributed by atoms with Crippen LogP contribution in [0.2, 0.25) is 0 Å². The lowest BCUT2D eigenvalue weighted by Crippen LogP contribution is -2.22. The van der Waals surface area contributed by atoms with E-state index >= 15 is 0 Å². The first-order valence-corrected chi connectivity index (χ1v) is 4.16. The Hall–Kier alpha value is -0.0800. The molecule has 60 valence electrons. The molecule has 1 aliphatic rings. The van der Waals surface area contributed by atoms with Crippen molar-refractivity contribution >= 4 is 0 Å². The van der Waals surface area contributed by atoms with Gasteiger partial charge in [-0.2, -0.15) is 0 Å². The third-order valence-corrected chi connectivity index (χ3v) is 1.65. The lowest BCUT2D eigenvalue weighted by atomic mass is 10.2. The molecule has 0 aliphatic carbocycles. The third-order valence-electron chi connectivity index (χ3n) is 1.65. The summed E-state index contributed by atoms with van der Waals surface area (Å²) in [5, 5.41) is 0. The highest BCUT2D eigenvalue weighted by atomic mass is 16.7. The van der Waals surface area contributed by atoms with Crippen molar-refractivity contribution in [2.24, 2.45) is 0 Å². The van der Waals surface area contributed by atoms with E-state index in [1.54, 1.807) is 0 Å². The molecule has 2 heteroatoms. The lowest BCUT2D eigenvalue weighted by Gasteiger charge is -2.22. The van der Waals surface area contributed by atoms with E-state index in [1.807, 2.05) is 0 Å². The molecule has 2 nitrogen and oxygen atoms in total. The molecule has 10 heavy (non-hydrogen) atoms. The van der Waals surface area contributed by atoms with Crippen LogP contribution in [-0.2, 0) is 9.47 Å². The molecule has 0 unspecified atom stereocenters. The van der Waals surface area contributed by atoms with Gasteiger partial charge >= 0.3 is 0 Å². The van der Waals surface area contributed by atoms with E-state index in [1.165, 1.54) is 12.8 Å². The number of hydrogen-bond donors (Lipinski definition) is 0. The van der Waals surface area contributed by atoms with Crippen LogP contribution in [0.25, 0.3) is 0 Å². The van der Waals surface area contributed by atoms with Gasteiger partial charge < -0.3 is 9.47 Å². The summed E-state index contributed by atoms with van der Waals surface area (Å²) in [6, 6.07) is 0. The van der Waals surface area contributed by atoms with Crippen molar-refractivity contribution in [3.63, 3.8) is 0 Å². The SMILES string of the molecule is CCCO[C@H]1CCCCO1. The molecule has 1 heterocycles. The fourth-order valence-electron chi connectivity index (χ4n) is 1.09. The van der Waals surface area contributed by atoms with Gasteiger partial charge in [0.05, 0.1) is 0 Å². The van der Waals surface area contributed by atoms with Crippen molar-refractivity contribution in [1.29, 1.82) is 0 Å². The monoisotopic (exact) mass is 144 g/mol. The Labute approximate surface area is 62.5 Å². The van der Waals surface area contributed by atoms with E-state index in [0.29, 0.717) is 0 Å². The second kappa shape index (κ2) is 4.69. The molecule has 0 aromatic rings. The van der Waals surface area contributed by atoms with Crippen molar-refractivity contribution in [2.45, 2.75) is 38.9 Å². The van der Waals surface area contributed by atoms with Crippen LogP contribution in [0.3, 0.4) is 0 Å². The van der Waals surface area contributed by atoms with Gasteiger partial charge in [-0.1, -0.05) is 6.92 Å². The molecular weight excluding hydrogens is 128 g/mol. The molecule has 0 radical (unpaired) electrons. The Kier molecular flexibility index (Phi) is 3.76. The van der Waals surface area contributed by atoms with Gasteiger partial charge in [0.15, 0.2) is 6.29 Å². The molecule has 0 saturated carbocycles. The molecule has 0 amide bonds.